The van der Waals surface area contributed by atoms with Crippen molar-refractivity contribution in [1.82, 2.24) is 9.97 Å². The van der Waals surface area contributed by atoms with Gasteiger partial charge in [0.1, 0.15) is 12.1 Å². The molecule has 0 aromatic carbocycles. The van der Waals surface area contributed by atoms with Crippen LogP contribution in [-0.4, -0.2) is 21.9 Å². The first-order chi connectivity index (χ1) is 7.75. The average molecular weight is 240 g/mol. The SMILES string of the molecule is Cc1cc(NCC2CCCCC2Cl)ncn1. The first kappa shape index (κ1) is 11.6. The number of nitrogens with one attached hydrogen (secondary N) is 1. The lowest BCUT2D eigenvalue weighted by molar-refractivity contribution is 0.380. The van der Waals surface area contributed by atoms with E-state index in [1.54, 1.807) is 6.33 Å². The standard InChI is InChI=1S/C12H18ClN3/c1-9-6-12(16-8-15-9)14-7-10-4-2-3-5-11(10)13/h6,8,10-11H,2-5,7H2,1H3,(H,14,15,16). The van der Waals surface area contributed by atoms with Crippen LogP contribution < -0.4 is 5.32 Å². The molecule has 1 aromatic rings. The highest BCUT2D eigenvalue weighted by molar-refractivity contribution is 6.20. The number of aromatic nitrogens is 2. The molecule has 1 aromatic heterocycles. The first-order valence-electron chi connectivity index (χ1n) is 5.92. The van der Waals surface area contributed by atoms with Crippen molar-refractivity contribution >= 4 is 17.4 Å². The number of halogens is 1. The van der Waals surface area contributed by atoms with Crippen LogP contribution in [0.4, 0.5) is 5.82 Å². The maximum absolute atomic E-state index is 6.31. The van der Waals surface area contributed by atoms with E-state index in [9.17, 15) is 0 Å². The fourth-order valence-electron chi connectivity index (χ4n) is 2.18. The Balaban J connectivity index is 1.86. The van der Waals surface area contributed by atoms with Gasteiger partial charge in [-0.2, -0.15) is 0 Å². The molecule has 4 heteroatoms. The molecule has 1 aliphatic rings. The van der Waals surface area contributed by atoms with Crippen molar-refractivity contribution < 1.29 is 0 Å². The van der Waals surface area contributed by atoms with Gasteiger partial charge in [-0.05, 0) is 25.7 Å². The van der Waals surface area contributed by atoms with Gasteiger partial charge in [-0.3, -0.25) is 0 Å². The van der Waals surface area contributed by atoms with Crippen LogP contribution in [0.15, 0.2) is 12.4 Å². The Kier molecular flexibility index (Phi) is 3.99. The van der Waals surface area contributed by atoms with Crippen molar-refractivity contribution in [2.75, 3.05) is 11.9 Å². The van der Waals surface area contributed by atoms with Crippen molar-refractivity contribution in [2.45, 2.75) is 38.0 Å². The quantitative estimate of drug-likeness (QED) is 0.824. The van der Waals surface area contributed by atoms with Crippen LogP contribution in [-0.2, 0) is 0 Å². The first-order valence-corrected chi connectivity index (χ1v) is 6.36. The Bertz CT molecular complexity index is 343. The molecule has 16 heavy (non-hydrogen) atoms. The van der Waals surface area contributed by atoms with Gasteiger partial charge in [0.2, 0.25) is 0 Å². The van der Waals surface area contributed by atoms with Gasteiger partial charge in [-0.15, -0.1) is 11.6 Å². The maximum Gasteiger partial charge on any atom is 0.129 e. The lowest BCUT2D eigenvalue weighted by Crippen LogP contribution is -2.27. The number of aryl methyl sites for hydroxylation is 1. The molecule has 1 N–H and O–H groups in total. The Labute approximate surface area is 102 Å². The van der Waals surface area contributed by atoms with Crippen molar-refractivity contribution in [1.29, 1.82) is 0 Å². The summed E-state index contributed by atoms with van der Waals surface area (Å²) in [5.41, 5.74) is 0.989. The zero-order valence-corrected chi connectivity index (χ0v) is 10.4. The largest absolute Gasteiger partial charge is 0.370 e. The zero-order chi connectivity index (χ0) is 11.4. The van der Waals surface area contributed by atoms with Crippen LogP contribution in [0.2, 0.25) is 0 Å². The molecule has 3 nitrogen and oxygen atoms in total. The number of anilines is 1. The molecule has 0 spiro atoms. The van der Waals surface area contributed by atoms with Crippen LogP contribution in [0.3, 0.4) is 0 Å². The molecular weight excluding hydrogens is 222 g/mol. The number of nitrogens with zero attached hydrogens (tertiary/aromatic N) is 2. The average Bonchev–Trinajstić information content (AvgIpc) is 2.28. The summed E-state index contributed by atoms with van der Waals surface area (Å²) in [6, 6.07) is 1.96. The lowest BCUT2D eigenvalue weighted by Gasteiger charge is -2.27. The predicted molar refractivity (Wildman–Crippen MR) is 66.9 cm³/mol. The van der Waals surface area contributed by atoms with Crippen molar-refractivity contribution in [3.05, 3.63) is 18.1 Å². The summed E-state index contributed by atoms with van der Waals surface area (Å²) in [5, 5.41) is 3.67. The van der Waals surface area contributed by atoms with Gasteiger partial charge in [0.05, 0.1) is 0 Å². The minimum atomic E-state index is 0.323. The van der Waals surface area contributed by atoms with Crippen molar-refractivity contribution in [2.24, 2.45) is 5.92 Å². The zero-order valence-electron chi connectivity index (χ0n) is 9.62. The third-order valence-corrected chi connectivity index (χ3v) is 3.74. The van der Waals surface area contributed by atoms with E-state index in [1.807, 2.05) is 13.0 Å². The summed E-state index contributed by atoms with van der Waals surface area (Å²) in [5.74, 6) is 1.48. The Morgan fingerprint density at radius 2 is 2.19 bits per heavy atom. The molecule has 0 radical (unpaired) electrons. The normalized spacial score (nSPS) is 25.4. The summed E-state index contributed by atoms with van der Waals surface area (Å²) in [6.07, 6.45) is 6.55. The molecule has 88 valence electrons. The van der Waals surface area contributed by atoms with E-state index in [-0.39, 0.29) is 0 Å². The van der Waals surface area contributed by atoms with Crippen LogP contribution in [0.5, 0.6) is 0 Å². The molecule has 0 amide bonds. The second-order valence-corrected chi connectivity index (χ2v) is 5.05. The molecule has 1 fully saturated rings. The van der Waals surface area contributed by atoms with E-state index in [0.29, 0.717) is 11.3 Å². The van der Waals surface area contributed by atoms with Crippen LogP contribution in [0.1, 0.15) is 31.4 Å². The summed E-state index contributed by atoms with van der Waals surface area (Å²) in [4.78, 5) is 8.26. The molecule has 2 rings (SSSR count). The third kappa shape index (κ3) is 3.08. The molecular formula is C12H18ClN3. The number of rotatable bonds is 3. The lowest BCUT2D eigenvalue weighted by atomic mass is 9.89. The van der Waals surface area contributed by atoms with E-state index in [2.05, 4.69) is 15.3 Å². The molecule has 0 bridgehead atoms. The topological polar surface area (TPSA) is 37.8 Å². The summed E-state index contributed by atoms with van der Waals surface area (Å²) < 4.78 is 0. The third-order valence-electron chi connectivity index (χ3n) is 3.17. The fraction of sp³-hybridized carbons (Fsp3) is 0.667. The maximum atomic E-state index is 6.31. The van der Waals surface area contributed by atoms with Crippen LogP contribution >= 0.6 is 11.6 Å². The Morgan fingerprint density at radius 3 is 2.94 bits per heavy atom. The van der Waals surface area contributed by atoms with E-state index in [0.717, 1.165) is 24.5 Å². The molecule has 1 aliphatic carbocycles. The van der Waals surface area contributed by atoms with Crippen molar-refractivity contribution in [3.8, 4) is 0 Å². The summed E-state index contributed by atoms with van der Waals surface area (Å²) in [6.45, 7) is 2.89. The molecule has 1 saturated carbocycles. The van der Waals surface area contributed by atoms with Gasteiger partial charge in [0.25, 0.3) is 0 Å². The highest BCUT2D eigenvalue weighted by Gasteiger charge is 2.22. The fourth-order valence-corrected chi connectivity index (χ4v) is 2.55. The molecule has 1 heterocycles. The molecule has 2 unspecified atom stereocenters. The van der Waals surface area contributed by atoms with Gasteiger partial charge in [0, 0.05) is 23.7 Å². The van der Waals surface area contributed by atoms with Crippen molar-refractivity contribution in [3.63, 3.8) is 0 Å². The number of alkyl halides is 1. The molecule has 0 saturated heterocycles. The highest BCUT2D eigenvalue weighted by Crippen LogP contribution is 2.28. The summed E-state index contributed by atoms with van der Waals surface area (Å²) >= 11 is 6.31. The molecule has 0 aliphatic heterocycles. The second kappa shape index (κ2) is 5.48. The van der Waals surface area contributed by atoms with Gasteiger partial charge in [-0.1, -0.05) is 12.8 Å². The van der Waals surface area contributed by atoms with Gasteiger partial charge >= 0.3 is 0 Å². The van der Waals surface area contributed by atoms with E-state index < -0.39 is 0 Å². The van der Waals surface area contributed by atoms with Crippen LogP contribution in [0, 0.1) is 12.8 Å². The van der Waals surface area contributed by atoms with Gasteiger partial charge < -0.3 is 5.32 Å². The monoisotopic (exact) mass is 239 g/mol. The molecule has 2 atom stereocenters. The van der Waals surface area contributed by atoms with Gasteiger partial charge in [-0.25, -0.2) is 9.97 Å². The second-order valence-electron chi connectivity index (χ2n) is 4.49. The number of hydrogen-bond acceptors (Lipinski definition) is 3. The minimum absolute atomic E-state index is 0.323. The van der Waals surface area contributed by atoms with Gasteiger partial charge in [0.15, 0.2) is 0 Å². The summed E-state index contributed by atoms with van der Waals surface area (Å²) in [7, 11) is 0. The number of hydrogen-bond donors (Lipinski definition) is 1. The van der Waals surface area contributed by atoms with E-state index in [4.69, 9.17) is 11.6 Å². The Morgan fingerprint density at radius 1 is 1.38 bits per heavy atom. The smallest absolute Gasteiger partial charge is 0.129 e. The van der Waals surface area contributed by atoms with Crippen LogP contribution in [0.25, 0.3) is 0 Å². The minimum Gasteiger partial charge on any atom is -0.370 e. The predicted octanol–water partition coefficient (Wildman–Crippen LogP) is 2.99. The van der Waals surface area contributed by atoms with E-state index >= 15 is 0 Å². The highest BCUT2D eigenvalue weighted by atomic mass is 35.5. The Hall–Kier alpha value is -0.830. The van der Waals surface area contributed by atoms with E-state index in [1.165, 1.54) is 19.3 Å².